The van der Waals surface area contributed by atoms with Gasteiger partial charge < -0.3 is 4.74 Å². The van der Waals surface area contributed by atoms with Gasteiger partial charge in [0.05, 0.1) is 10.0 Å². The molecule has 0 spiro atoms. The number of benzene rings is 1. The Kier molecular flexibility index (Phi) is 3.62. The van der Waals surface area contributed by atoms with Gasteiger partial charge in [0, 0.05) is 0 Å². The summed E-state index contributed by atoms with van der Waals surface area (Å²) in [5, 5.41) is 9.08. The molecule has 14 heavy (non-hydrogen) atoms. The van der Waals surface area contributed by atoms with Gasteiger partial charge in [-0.3, -0.25) is 0 Å². The first-order valence-corrected chi connectivity index (χ1v) is 4.86. The van der Waals surface area contributed by atoms with E-state index < -0.39 is 0 Å². The van der Waals surface area contributed by atoms with Crippen LogP contribution >= 0.6 is 23.2 Å². The maximum atomic E-state index is 8.36. The van der Waals surface area contributed by atoms with E-state index in [9.17, 15) is 0 Å². The summed E-state index contributed by atoms with van der Waals surface area (Å²) in [7, 11) is 0. The number of hydrogen-bond donors (Lipinski definition) is 0. The number of rotatable bonds is 2. The Labute approximate surface area is 93.0 Å². The average Bonchev–Trinajstić information content (AvgIpc) is 2.10. The van der Waals surface area contributed by atoms with E-state index >= 15 is 0 Å². The van der Waals surface area contributed by atoms with Crippen LogP contribution in [0.5, 0.6) is 5.75 Å². The second kappa shape index (κ2) is 4.54. The van der Waals surface area contributed by atoms with Gasteiger partial charge >= 0.3 is 0 Å². The Morgan fingerprint density at radius 3 is 2.14 bits per heavy atom. The number of halogens is 2. The van der Waals surface area contributed by atoms with Crippen molar-refractivity contribution < 1.29 is 4.74 Å². The quantitative estimate of drug-likeness (QED) is 0.720. The third kappa shape index (κ3) is 2.31. The summed E-state index contributed by atoms with van der Waals surface area (Å²) in [5.41, 5.74) is 1.02. The third-order valence-electron chi connectivity index (χ3n) is 1.83. The van der Waals surface area contributed by atoms with Gasteiger partial charge in [0.25, 0.3) is 6.26 Å². The molecule has 1 aromatic carbocycles. The lowest BCUT2D eigenvalue weighted by Gasteiger charge is -2.09. The van der Waals surface area contributed by atoms with Gasteiger partial charge in [-0.15, -0.1) is 5.26 Å². The Balaban J connectivity index is 3.19. The van der Waals surface area contributed by atoms with E-state index in [1.54, 1.807) is 18.4 Å². The average molecular weight is 230 g/mol. The summed E-state index contributed by atoms with van der Waals surface area (Å²) in [5.74, 6) is 0.557. The lowest BCUT2D eigenvalue weighted by Crippen LogP contribution is -1.91. The standard InChI is InChI=1S/C10H9Cl2NO/c1-6(2)7-3-8(11)10(14-5-13)9(12)4-7/h3-4,6H,1-2H3. The molecule has 1 rings (SSSR count). The van der Waals surface area contributed by atoms with Crippen LogP contribution in [-0.2, 0) is 0 Å². The monoisotopic (exact) mass is 229 g/mol. The molecule has 0 saturated heterocycles. The highest BCUT2D eigenvalue weighted by Gasteiger charge is 2.11. The largest absolute Gasteiger partial charge is 0.385 e. The molecule has 0 N–H and O–H groups in total. The third-order valence-corrected chi connectivity index (χ3v) is 2.40. The molecule has 0 saturated carbocycles. The molecule has 0 bridgehead atoms. The van der Waals surface area contributed by atoms with E-state index in [-0.39, 0.29) is 5.75 Å². The van der Waals surface area contributed by atoms with Gasteiger partial charge in [-0.05, 0) is 23.6 Å². The van der Waals surface area contributed by atoms with E-state index in [1.165, 1.54) is 0 Å². The lowest BCUT2D eigenvalue weighted by atomic mass is 10.0. The number of hydrogen-bond acceptors (Lipinski definition) is 2. The lowest BCUT2D eigenvalue weighted by molar-refractivity contribution is 0.507. The topological polar surface area (TPSA) is 33.0 Å². The maximum absolute atomic E-state index is 8.36. The highest BCUT2D eigenvalue weighted by molar-refractivity contribution is 6.37. The molecule has 0 amide bonds. The minimum atomic E-state index is 0.222. The first-order valence-electron chi connectivity index (χ1n) is 4.11. The normalized spacial score (nSPS) is 10.0. The van der Waals surface area contributed by atoms with Crippen molar-refractivity contribution in [3.63, 3.8) is 0 Å². The van der Waals surface area contributed by atoms with Crippen molar-refractivity contribution >= 4 is 23.2 Å². The minimum absolute atomic E-state index is 0.222. The summed E-state index contributed by atoms with van der Waals surface area (Å²) < 4.78 is 4.64. The summed E-state index contributed by atoms with van der Waals surface area (Å²) in [6.07, 6.45) is 1.55. The van der Waals surface area contributed by atoms with Gasteiger partial charge in [-0.25, -0.2) is 0 Å². The van der Waals surface area contributed by atoms with Crippen LogP contribution in [0.25, 0.3) is 0 Å². The molecule has 74 valence electrons. The van der Waals surface area contributed by atoms with Crippen LogP contribution < -0.4 is 4.74 Å². The maximum Gasteiger partial charge on any atom is 0.292 e. The predicted molar refractivity (Wildman–Crippen MR) is 56.8 cm³/mol. The van der Waals surface area contributed by atoms with E-state index in [4.69, 9.17) is 28.5 Å². The molecule has 0 unspecified atom stereocenters. The number of ether oxygens (including phenoxy) is 1. The SMILES string of the molecule is CC(C)c1cc(Cl)c(OC#N)c(Cl)c1. The van der Waals surface area contributed by atoms with Crippen LogP contribution in [0, 0.1) is 11.5 Å². The summed E-state index contributed by atoms with van der Waals surface area (Å²) in [6, 6.07) is 3.51. The van der Waals surface area contributed by atoms with Crippen LogP contribution in [0.3, 0.4) is 0 Å². The van der Waals surface area contributed by atoms with Crippen LogP contribution in [0.1, 0.15) is 25.3 Å². The van der Waals surface area contributed by atoms with Crippen molar-refractivity contribution in [2.24, 2.45) is 0 Å². The fourth-order valence-electron chi connectivity index (χ4n) is 1.06. The first-order chi connectivity index (χ1) is 6.56. The molecule has 0 fully saturated rings. The highest BCUT2D eigenvalue weighted by atomic mass is 35.5. The van der Waals surface area contributed by atoms with Crippen LogP contribution in [0.4, 0.5) is 0 Å². The van der Waals surface area contributed by atoms with Crippen molar-refractivity contribution in [3.05, 3.63) is 27.7 Å². The van der Waals surface area contributed by atoms with Gasteiger partial charge in [-0.2, -0.15) is 0 Å². The highest BCUT2D eigenvalue weighted by Crippen LogP contribution is 2.35. The molecule has 0 aliphatic rings. The molecule has 0 aromatic heterocycles. The molecule has 0 atom stereocenters. The molecule has 1 aromatic rings. The minimum Gasteiger partial charge on any atom is -0.385 e. The van der Waals surface area contributed by atoms with Crippen LogP contribution in [-0.4, -0.2) is 0 Å². The molecular weight excluding hydrogens is 221 g/mol. The van der Waals surface area contributed by atoms with Crippen molar-refractivity contribution in [3.8, 4) is 12.0 Å². The van der Waals surface area contributed by atoms with Gasteiger partial charge in [0.1, 0.15) is 0 Å². The van der Waals surface area contributed by atoms with Gasteiger partial charge in [0.2, 0.25) is 0 Å². The fraction of sp³-hybridized carbons (Fsp3) is 0.300. The van der Waals surface area contributed by atoms with Crippen molar-refractivity contribution in [1.82, 2.24) is 0 Å². The Bertz CT molecular complexity index is 359. The fourth-order valence-corrected chi connectivity index (χ4v) is 1.64. The smallest absolute Gasteiger partial charge is 0.292 e. The van der Waals surface area contributed by atoms with E-state index in [0.29, 0.717) is 16.0 Å². The molecule has 0 radical (unpaired) electrons. The number of nitrogens with zero attached hydrogens (tertiary/aromatic N) is 1. The van der Waals surface area contributed by atoms with Crippen molar-refractivity contribution in [1.29, 1.82) is 5.26 Å². The summed E-state index contributed by atoms with van der Waals surface area (Å²) in [6.45, 7) is 4.07. The van der Waals surface area contributed by atoms with Crippen molar-refractivity contribution in [2.75, 3.05) is 0 Å². The summed E-state index contributed by atoms with van der Waals surface area (Å²) >= 11 is 11.8. The molecule has 2 nitrogen and oxygen atoms in total. The van der Waals surface area contributed by atoms with Crippen molar-refractivity contribution in [2.45, 2.75) is 19.8 Å². The van der Waals surface area contributed by atoms with Gasteiger partial charge in [0.15, 0.2) is 5.75 Å². The molecule has 0 aliphatic carbocycles. The van der Waals surface area contributed by atoms with E-state index in [0.717, 1.165) is 5.56 Å². The zero-order chi connectivity index (χ0) is 10.7. The number of nitriles is 1. The zero-order valence-electron chi connectivity index (χ0n) is 7.84. The van der Waals surface area contributed by atoms with Gasteiger partial charge in [-0.1, -0.05) is 37.0 Å². The second-order valence-corrected chi connectivity index (χ2v) is 3.98. The Morgan fingerprint density at radius 1 is 1.29 bits per heavy atom. The van der Waals surface area contributed by atoms with Crippen LogP contribution in [0.2, 0.25) is 10.0 Å². The zero-order valence-corrected chi connectivity index (χ0v) is 9.36. The molecule has 0 aliphatic heterocycles. The van der Waals surface area contributed by atoms with E-state index in [2.05, 4.69) is 4.74 Å². The molecule has 0 heterocycles. The Morgan fingerprint density at radius 2 is 1.79 bits per heavy atom. The molecule has 4 heteroatoms. The van der Waals surface area contributed by atoms with Crippen LogP contribution in [0.15, 0.2) is 12.1 Å². The predicted octanol–water partition coefficient (Wildman–Crippen LogP) is 3.98. The second-order valence-electron chi connectivity index (χ2n) is 3.16. The Hall–Kier alpha value is -0.910. The summed E-state index contributed by atoms with van der Waals surface area (Å²) in [4.78, 5) is 0. The molecular formula is C10H9Cl2NO. The van der Waals surface area contributed by atoms with E-state index in [1.807, 2.05) is 13.8 Å². The first kappa shape index (κ1) is 11.2.